The van der Waals surface area contributed by atoms with Crippen LogP contribution < -0.4 is 54.2 Å². The van der Waals surface area contributed by atoms with Gasteiger partial charge in [0, 0.05) is 185 Å². The van der Waals surface area contributed by atoms with Crippen LogP contribution in [0, 0.1) is 45.9 Å². The number of anilines is 4. The largest absolute Gasteiger partial charge is 0.489 e. The van der Waals surface area contributed by atoms with Gasteiger partial charge in [0.1, 0.15) is 95.5 Å². The number of pyridine rings is 8. The number of nitrogens with two attached hydrogens (primary N) is 1. The smallest absolute Gasteiger partial charge is 0.251 e. The van der Waals surface area contributed by atoms with E-state index in [1.54, 1.807) is 96.7 Å². The molecule has 10 aliphatic rings. The molecule has 123 heavy (non-hydrogen) atoms. The molecule has 10 aliphatic heterocycles. The van der Waals surface area contributed by atoms with Gasteiger partial charge in [-0.2, -0.15) is 38.1 Å². The summed E-state index contributed by atoms with van der Waals surface area (Å²) < 4.78 is 72.1. The molecule has 6 bridgehead atoms. The maximum absolute atomic E-state index is 14.6. The Labute approximate surface area is 714 Å². The first-order chi connectivity index (χ1) is 59.0. The number of halogens is 2. The van der Waals surface area contributed by atoms with Crippen LogP contribution in [-0.2, 0) is 24.4 Å². The van der Waals surface area contributed by atoms with E-state index in [-0.39, 0.29) is 49.8 Å². The summed E-state index contributed by atoms with van der Waals surface area (Å²) in [6.45, 7) is 17.1. The number of methoxy groups -OCH3 is 3. The Bertz CT molecular complexity index is 5640. The van der Waals surface area contributed by atoms with Crippen molar-refractivity contribution in [1.82, 2.24) is 83.7 Å². The molecule has 10 fully saturated rings. The van der Waals surface area contributed by atoms with E-state index in [0.29, 0.717) is 135 Å². The van der Waals surface area contributed by atoms with Gasteiger partial charge in [0.15, 0.2) is 5.82 Å². The molecule has 22 heterocycles. The third-order valence-electron chi connectivity index (χ3n) is 23.2. The second kappa shape index (κ2) is 35.4. The minimum atomic E-state index is -1.05. The standard InChI is InChI=1S/C29H30FN9O3.C29H30FN7O3.C29H32N8O3.H2S/c1-40-27-3-2-18(9-35-27)13-38-19-6-20(38)15-37(14-19)26-12-33-25(11-34-26)23-7-21(42-17-22-10-32-4-5-41-22)16-39-28(23)24(8-31)29(30)36-39;1-29(2,38)17-40-22-9-23(27-24(10-31)28(30)34-37(27)16-22)19-5-6-25(32-12-19)35-14-20-8-21(15-35)36(20)13-18-4-7-26(39-3)33-11-18;1-29(2,38)17-40-22-9-23(27-24(10-30)28(31)34-37(27)16-22)19-5-6-25(32-12-19)35-14-20-8-21(15-35)36(20)13-18-4-7-26(39-3)33-11-18;/h2-3,7,9,11-12,16,19-20,22,32H,4-6,10,13-15,17H2,1H3;4-7,9,11-12,16,20-21,38H,8,13-15,17H2,1-3H3;4-7,9,11-12,16,20-21,38H,8,13-15,17H2,1-3H3,(H2,31,34);1H2/t19?,20?,22-;;;/m0.../s1. The first-order valence-corrected chi connectivity index (χ1v) is 40.4. The monoisotopic (exact) mass is 1690 g/mol. The lowest BCUT2D eigenvalue weighted by molar-refractivity contribution is -0.00880. The minimum absolute atomic E-state index is 0. The van der Waals surface area contributed by atoms with E-state index < -0.39 is 23.1 Å². The van der Waals surface area contributed by atoms with Crippen molar-refractivity contribution in [2.24, 2.45) is 0 Å². The van der Waals surface area contributed by atoms with Crippen LogP contribution in [0.4, 0.5) is 32.1 Å². The molecule has 636 valence electrons. The van der Waals surface area contributed by atoms with E-state index in [2.05, 4.69) is 89.2 Å². The number of nitrogens with zero attached hydrogens (tertiary/aromatic N) is 22. The molecule has 10 saturated heterocycles. The second-order valence-electron chi connectivity index (χ2n) is 32.8. The van der Waals surface area contributed by atoms with Gasteiger partial charge in [0.25, 0.3) is 11.9 Å². The molecule has 22 rings (SSSR count). The first-order valence-electron chi connectivity index (χ1n) is 40.4. The first kappa shape index (κ1) is 83.9. The predicted octanol–water partition coefficient (Wildman–Crippen LogP) is 8.44. The Kier molecular flexibility index (Phi) is 24.2. The van der Waals surface area contributed by atoms with Crippen molar-refractivity contribution in [1.29, 1.82) is 15.8 Å². The van der Waals surface area contributed by atoms with E-state index in [9.17, 15) is 34.8 Å². The van der Waals surface area contributed by atoms with Gasteiger partial charge in [0.05, 0.1) is 92.4 Å². The van der Waals surface area contributed by atoms with Gasteiger partial charge in [0.2, 0.25) is 17.6 Å². The van der Waals surface area contributed by atoms with Crippen molar-refractivity contribution in [3.63, 3.8) is 0 Å². The van der Waals surface area contributed by atoms with E-state index >= 15 is 0 Å². The number of aromatic nitrogens is 13. The highest BCUT2D eigenvalue weighted by atomic mass is 32.1. The number of rotatable bonds is 24. The molecule has 0 aliphatic carbocycles. The molecule has 6 unspecified atom stereocenters. The zero-order valence-electron chi connectivity index (χ0n) is 69.0. The summed E-state index contributed by atoms with van der Waals surface area (Å²) in [7, 11) is 4.86. The normalized spacial score (nSPS) is 19.8. The maximum atomic E-state index is 14.6. The minimum Gasteiger partial charge on any atom is -0.489 e. The van der Waals surface area contributed by atoms with Crippen LogP contribution in [0.2, 0.25) is 0 Å². The highest BCUT2D eigenvalue weighted by Crippen LogP contribution is 2.42. The number of fused-ring (bicyclic) bond motifs is 9. The van der Waals surface area contributed by atoms with Crippen molar-refractivity contribution in [3.8, 4) is 86.6 Å². The SMILES string of the molecule is COc1ccc(CN2C3CC2CN(c2ccc(-c4cc(OCC(C)(C)O)cn5nc(F)c(C#N)c45)cn2)C3)cn1.COc1ccc(CN2C3CC2CN(c2ccc(-c4cc(OCC(C)(C)O)cn5nc(N)c(C#N)c45)cn2)C3)cn1.COc1ccc(CN2C3CC2CN(c2cnc(-c4cc(OC[C@@H]5CNCCO5)cn5nc(F)c(C#N)c45)cn2)C3)cn1.S. The lowest BCUT2D eigenvalue weighted by atomic mass is 9.87. The van der Waals surface area contributed by atoms with Crippen molar-refractivity contribution in [2.75, 3.05) is 121 Å². The van der Waals surface area contributed by atoms with Crippen LogP contribution in [0.15, 0.2) is 141 Å². The lowest BCUT2D eigenvalue weighted by Crippen LogP contribution is -2.68. The summed E-state index contributed by atoms with van der Waals surface area (Å²) in [5, 5.41) is 64.5. The van der Waals surface area contributed by atoms with Crippen molar-refractivity contribution >= 4 is 53.3 Å². The molecule has 36 heteroatoms. The van der Waals surface area contributed by atoms with Gasteiger partial charge in [-0.3, -0.25) is 19.7 Å². The summed E-state index contributed by atoms with van der Waals surface area (Å²) >= 11 is 0. The molecule has 33 nitrogen and oxygen atoms in total. The molecule has 7 atom stereocenters. The number of aliphatic hydroxyl groups is 2. The van der Waals surface area contributed by atoms with Crippen molar-refractivity contribution < 1.29 is 52.2 Å². The molecular weight excluding hydrogens is 1600 g/mol. The topological polar surface area (TPSA) is 376 Å². The Morgan fingerprint density at radius 1 is 0.488 bits per heavy atom. The number of piperidine rings is 3. The maximum Gasteiger partial charge on any atom is 0.251 e. The highest BCUT2D eigenvalue weighted by molar-refractivity contribution is 7.59. The Morgan fingerprint density at radius 2 is 0.886 bits per heavy atom. The zero-order chi connectivity index (χ0) is 84.7. The quantitative estimate of drug-likeness (QED) is 0.0440. The fraction of sp³-hybridized carbons (Fsp3) is 0.391. The second-order valence-corrected chi connectivity index (χ2v) is 32.8. The number of piperazine rings is 3. The number of hydrogen-bond donors (Lipinski definition) is 4. The third-order valence-corrected chi connectivity index (χ3v) is 23.2. The van der Waals surface area contributed by atoms with Crippen molar-refractivity contribution in [3.05, 3.63) is 186 Å². The van der Waals surface area contributed by atoms with Gasteiger partial charge in [-0.05, 0) is 106 Å². The van der Waals surface area contributed by atoms with Gasteiger partial charge in [-0.1, -0.05) is 18.2 Å². The molecule has 0 aromatic carbocycles. The Hall–Kier alpha value is -12.7. The molecule has 12 aromatic rings. The van der Waals surface area contributed by atoms with E-state index in [4.69, 9.17) is 58.8 Å². The Balaban J connectivity index is 0.000000136. The lowest BCUT2D eigenvalue weighted by Gasteiger charge is -2.56. The van der Waals surface area contributed by atoms with Crippen LogP contribution in [0.5, 0.6) is 34.9 Å². The van der Waals surface area contributed by atoms with E-state index in [1.807, 2.05) is 85.5 Å². The van der Waals surface area contributed by atoms with Gasteiger partial charge >= 0.3 is 0 Å². The van der Waals surface area contributed by atoms with Gasteiger partial charge in [-0.25, -0.2) is 43.5 Å². The van der Waals surface area contributed by atoms with Crippen LogP contribution in [0.1, 0.15) is 80.3 Å². The molecule has 5 N–H and O–H groups in total. The van der Waals surface area contributed by atoms with Crippen LogP contribution in [-0.4, -0.2) is 242 Å². The molecule has 0 radical (unpaired) electrons. The average Bonchev–Trinajstić information content (AvgIpc) is 1.75. The summed E-state index contributed by atoms with van der Waals surface area (Å²) in [5.74, 6) is 4.24. The molecule has 0 saturated carbocycles. The number of hydrogen-bond acceptors (Lipinski definition) is 30. The Morgan fingerprint density at radius 3 is 1.25 bits per heavy atom. The molecule has 0 amide bonds. The summed E-state index contributed by atoms with van der Waals surface area (Å²) in [6.07, 6.45) is 20.7. The fourth-order valence-electron chi connectivity index (χ4n) is 17.0. The van der Waals surface area contributed by atoms with Crippen molar-refractivity contribution in [2.45, 2.75) is 120 Å². The van der Waals surface area contributed by atoms with Crippen LogP contribution in [0.3, 0.4) is 0 Å². The van der Waals surface area contributed by atoms with Gasteiger partial charge < -0.3 is 69.1 Å². The average molecular weight is 1690 g/mol. The molecule has 0 spiro atoms. The van der Waals surface area contributed by atoms with Crippen LogP contribution >= 0.6 is 13.5 Å². The van der Waals surface area contributed by atoms with Gasteiger partial charge in [-0.15, -0.1) is 15.3 Å². The number of nitriles is 3. The van der Waals surface area contributed by atoms with E-state index in [0.717, 1.165) is 112 Å². The van der Waals surface area contributed by atoms with Crippen LogP contribution in [0.25, 0.3) is 50.1 Å². The number of nitrogen functional groups attached to an aromatic ring is 1. The molecular formula is C87H94F2N24O9S. The number of ether oxygens (including phenoxy) is 7. The number of morpholine rings is 1. The summed E-state index contributed by atoms with van der Waals surface area (Å²) in [5.41, 5.74) is 12.6. The third kappa shape index (κ3) is 18.0. The summed E-state index contributed by atoms with van der Waals surface area (Å²) in [6, 6.07) is 33.8. The summed E-state index contributed by atoms with van der Waals surface area (Å²) in [4.78, 5) is 46.4. The zero-order valence-corrected chi connectivity index (χ0v) is 70.0. The highest BCUT2D eigenvalue weighted by Gasteiger charge is 2.47. The number of nitrogens with one attached hydrogen (secondary N) is 1. The predicted molar refractivity (Wildman–Crippen MR) is 456 cm³/mol. The fourth-order valence-corrected chi connectivity index (χ4v) is 17.0. The molecule has 12 aromatic heterocycles. The van der Waals surface area contributed by atoms with E-state index in [1.165, 1.54) is 32.8 Å².